The first kappa shape index (κ1) is 20.5. The Labute approximate surface area is 185 Å². The van der Waals surface area contributed by atoms with Gasteiger partial charge in [-0.05, 0) is 31.0 Å². The summed E-state index contributed by atoms with van der Waals surface area (Å²) in [5.74, 6) is -0.121. The van der Waals surface area contributed by atoms with Gasteiger partial charge in [0.25, 0.3) is 0 Å². The molecule has 1 aromatic heterocycles. The number of hydrogen-bond donors (Lipinski definition) is 2. The van der Waals surface area contributed by atoms with E-state index in [0.717, 1.165) is 22.6 Å². The minimum Gasteiger partial charge on any atom is -0.492 e. The van der Waals surface area contributed by atoms with Crippen molar-refractivity contribution >= 4 is 17.3 Å². The second kappa shape index (κ2) is 8.63. The lowest BCUT2D eigenvalue weighted by molar-refractivity contribution is -0.121. The number of rotatable bonds is 4. The lowest BCUT2D eigenvalue weighted by Crippen LogP contribution is -2.37. The Morgan fingerprint density at radius 1 is 1.25 bits per heavy atom. The summed E-state index contributed by atoms with van der Waals surface area (Å²) in [5, 5.41) is 9.62. The number of anilines is 2. The zero-order chi connectivity index (χ0) is 22.1. The number of benzene rings is 2. The number of aromatic nitrogens is 2. The van der Waals surface area contributed by atoms with Gasteiger partial charge in [0.2, 0.25) is 5.91 Å². The maximum atomic E-state index is 15.0. The lowest BCUT2D eigenvalue weighted by atomic mass is 9.94. The van der Waals surface area contributed by atoms with Crippen LogP contribution in [0.1, 0.15) is 11.1 Å². The number of nitrogens with one attached hydrogen (secondary N) is 2. The van der Waals surface area contributed by atoms with Crippen molar-refractivity contribution < 1.29 is 18.7 Å². The first-order chi connectivity index (χ1) is 15.6. The topological polar surface area (TPSA) is 79.5 Å². The number of carbonyl (C=O) groups excluding carboxylic acids is 1. The van der Waals surface area contributed by atoms with E-state index < -0.39 is 5.82 Å². The minimum atomic E-state index is -0.417. The summed E-state index contributed by atoms with van der Waals surface area (Å²) >= 11 is 0. The van der Waals surface area contributed by atoms with Gasteiger partial charge in [0, 0.05) is 36.5 Å². The molecule has 3 heterocycles. The number of ether oxygens (including phenoxy) is 2. The third kappa shape index (κ3) is 4.05. The molecule has 0 aliphatic carbocycles. The van der Waals surface area contributed by atoms with Gasteiger partial charge in [0.1, 0.15) is 18.2 Å². The van der Waals surface area contributed by atoms with Crippen LogP contribution in [0.25, 0.3) is 11.1 Å². The van der Waals surface area contributed by atoms with E-state index >= 15 is 4.39 Å². The maximum Gasteiger partial charge on any atom is 0.231 e. The predicted molar refractivity (Wildman–Crippen MR) is 120 cm³/mol. The van der Waals surface area contributed by atoms with Crippen LogP contribution in [0.2, 0.25) is 0 Å². The molecule has 0 radical (unpaired) electrons. The van der Waals surface area contributed by atoms with Crippen LogP contribution in [-0.4, -0.2) is 49.0 Å². The Morgan fingerprint density at radius 3 is 2.88 bits per heavy atom. The molecule has 0 spiro atoms. The van der Waals surface area contributed by atoms with E-state index in [4.69, 9.17) is 9.47 Å². The maximum absolute atomic E-state index is 15.0. The molecular weight excluding hydrogens is 411 g/mol. The largest absolute Gasteiger partial charge is 0.492 e. The van der Waals surface area contributed by atoms with Crippen molar-refractivity contribution in [2.75, 3.05) is 43.1 Å². The van der Waals surface area contributed by atoms with Crippen LogP contribution in [0, 0.1) is 18.7 Å². The highest BCUT2D eigenvalue weighted by molar-refractivity contribution is 5.97. The number of aryl methyl sites for hydroxylation is 1. The summed E-state index contributed by atoms with van der Waals surface area (Å²) in [6.45, 7) is 4.81. The van der Waals surface area contributed by atoms with Gasteiger partial charge < -0.3 is 19.7 Å². The van der Waals surface area contributed by atoms with E-state index in [0.29, 0.717) is 56.1 Å². The van der Waals surface area contributed by atoms with E-state index in [1.807, 2.05) is 25.1 Å². The van der Waals surface area contributed by atoms with Crippen LogP contribution >= 0.6 is 0 Å². The number of hydrogen-bond acceptors (Lipinski definition) is 5. The number of nitrogens with zero attached hydrogens (tertiary/aromatic N) is 2. The van der Waals surface area contributed by atoms with Crippen molar-refractivity contribution in [2.24, 2.45) is 5.92 Å². The molecule has 3 aromatic rings. The van der Waals surface area contributed by atoms with Crippen molar-refractivity contribution in [3.8, 4) is 16.9 Å². The van der Waals surface area contributed by atoms with Gasteiger partial charge in [-0.1, -0.05) is 17.7 Å². The molecule has 1 fully saturated rings. The second-order valence-corrected chi connectivity index (χ2v) is 8.25. The van der Waals surface area contributed by atoms with Crippen molar-refractivity contribution in [1.29, 1.82) is 0 Å². The van der Waals surface area contributed by atoms with Crippen LogP contribution in [-0.2, 0) is 16.0 Å². The highest BCUT2D eigenvalue weighted by Crippen LogP contribution is 2.35. The van der Waals surface area contributed by atoms with Crippen LogP contribution in [0.4, 0.5) is 15.8 Å². The van der Waals surface area contributed by atoms with E-state index in [9.17, 15) is 4.79 Å². The van der Waals surface area contributed by atoms with Gasteiger partial charge in [0.15, 0.2) is 0 Å². The number of fused-ring (bicyclic) bond motifs is 1. The second-order valence-electron chi connectivity index (χ2n) is 8.25. The fourth-order valence-electron chi connectivity index (χ4n) is 4.27. The molecular formula is C24H25FN4O3. The molecule has 5 rings (SSSR count). The Balaban J connectivity index is 1.43. The predicted octanol–water partition coefficient (Wildman–Crippen LogP) is 3.55. The van der Waals surface area contributed by atoms with Crippen molar-refractivity contribution in [3.63, 3.8) is 0 Å². The Hall–Kier alpha value is -3.39. The summed E-state index contributed by atoms with van der Waals surface area (Å²) in [5.41, 5.74) is 4.46. The minimum absolute atomic E-state index is 0.179. The van der Waals surface area contributed by atoms with Gasteiger partial charge in [0.05, 0.1) is 36.7 Å². The SMILES string of the molecule is Cc1ccc2c(c1)CC(C(=O)Nc1cc(F)c(-c3cn[nH]c3)cc1N1CCOCC1)CO2. The van der Waals surface area contributed by atoms with Crippen LogP contribution in [0.3, 0.4) is 0 Å². The first-order valence-corrected chi connectivity index (χ1v) is 10.8. The average molecular weight is 436 g/mol. The van der Waals surface area contributed by atoms with E-state index in [-0.39, 0.29) is 11.8 Å². The molecule has 2 aliphatic rings. The number of aromatic amines is 1. The van der Waals surface area contributed by atoms with Gasteiger partial charge in [-0.25, -0.2) is 4.39 Å². The molecule has 8 heteroatoms. The van der Waals surface area contributed by atoms with Gasteiger partial charge in [-0.2, -0.15) is 5.10 Å². The van der Waals surface area contributed by atoms with Crippen molar-refractivity contribution in [3.05, 3.63) is 59.7 Å². The average Bonchev–Trinajstić information content (AvgIpc) is 3.34. The summed E-state index contributed by atoms with van der Waals surface area (Å²) in [4.78, 5) is 15.3. The fourth-order valence-corrected chi connectivity index (χ4v) is 4.27. The van der Waals surface area contributed by atoms with Crippen molar-refractivity contribution in [2.45, 2.75) is 13.3 Å². The quantitative estimate of drug-likeness (QED) is 0.654. The third-order valence-corrected chi connectivity index (χ3v) is 6.00. The molecule has 166 valence electrons. The number of amides is 1. The number of halogens is 1. The molecule has 0 bridgehead atoms. The molecule has 1 saturated heterocycles. The van der Waals surface area contributed by atoms with Crippen LogP contribution in [0.5, 0.6) is 5.75 Å². The summed E-state index contributed by atoms with van der Waals surface area (Å²) in [7, 11) is 0. The zero-order valence-electron chi connectivity index (χ0n) is 17.9. The summed E-state index contributed by atoms with van der Waals surface area (Å²) < 4.78 is 26.3. The van der Waals surface area contributed by atoms with Crippen molar-refractivity contribution in [1.82, 2.24) is 10.2 Å². The first-order valence-electron chi connectivity index (χ1n) is 10.8. The standard InChI is InChI=1S/C24H25FN4O3/c1-15-2-3-23-16(8-15)9-17(14-32-23)24(30)28-21-11-20(25)19(18-12-26-27-13-18)10-22(21)29-4-6-31-7-5-29/h2-3,8,10-13,17H,4-7,9,14H2,1H3,(H,26,27)(H,28,30). The molecule has 7 nitrogen and oxygen atoms in total. The Morgan fingerprint density at radius 2 is 2.09 bits per heavy atom. The van der Waals surface area contributed by atoms with Gasteiger partial charge in [-0.15, -0.1) is 0 Å². The van der Waals surface area contributed by atoms with Crippen LogP contribution < -0.4 is 15.0 Å². The Bertz CT molecular complexity index is 1130. The van der Waals surface area contributed by atoms with E-state index in [1.54, 1.807) is 18.5 Å². The zero-order valence-corrected chi connectivity index (χ0v) is 17.9. The fraction of sp³-hybridized carbons (Fsp3) is 0.333. The smallest absolute Gasteiger partial charge is 0.231 e. The summed E-state index contributed by atoms with van der Waals surface area (Å²) in [6.07, 6.45) is 3.82. The van der Waals surface area contributed by atoms with Crippen LogP contribution in [0.15, 0.2) is 42.7 Å². The molecule has 0 saturated carbocycles. The summed E-state index contributed by atoms with van der Waals surface area (Å²) in [6, 6.07) is 9.16. The van der Waals surface area contributed by atoms with Gasteiger partial charge >= 0.3 is 0 Å². The third-order valence-electron chi connectivity index (χ3n) is 6.00. The highest BCUT2D eigenvalue weighted by Gasteiger charge is 2.28. The molecule has 2 aliphatic heterocycles. The molecule has 1 unspecified atom stereocenters. The normalized spacial score (nSPS) is 18.1. The van der Waals surface area contributed by atoms with E-state index in [2.05, 4.69) is 20.4 Å². The number of H-pyrrole nitrogens is 1. The number of morpholine rings is 1. The van der Waals surface area contributed by atoms with E-state index in [1.165, 1.54) is 6.07 Å². The number of carbonyl (C=O) groups is 1. The lowest BCUT2D eigenvalue weighted by Gasteiger charge is -2.31. The Kier molecular flexibility index (Phi) is 5.53. The monoisotopic (exact) mass is 436 g/mol. The molecule has 1 amide bonds. The molecule has 32 heavy (non-hydrogen) atoms. The molecule has 2 aromatic carbocycles. The highest BCUT2D eigenvalue weighted by atomic mass is 19.1. The molecule has 2 N–H and O–H groups in total. The molecule has 1 atom stereocenters. The van der Waals surface area contributed by atoms with Gasteiger partial charge in [-0.3, -0.25) is 9.89 Å².